The van der Waals surface area contributed by atoms with Crippen LogP contribution in [0.4, 0.5) is 0 Å². The Morgan fingerprint density at radius 1 is 0.633 bits per heavy atom. The molecule has 3 heteroatoms. The van der Waals surface area contributed by atoms with Gasteiger partial charge in [0.2, 0.25) is 0 Å². The van der Waals surface area contributed by atoms with Gasteiger partial charge in [-0.15, -0.1) is 0 Å². The van der Waals surface area contributed by atoms with Crippen LogP contribution in [-0.2, 0) is 0 Å². The molecule has 1 aromatic rings. The summed E-state index contributed by atoms with van der Waals surface area (Å²) in [6.07, 6.45) is 15.7. The fourth-order valence-electron chi connectivity index (χ4n) is 4.20. The maximum atomic E-state index is 5.08. The summed E-state index contributed by atoms with van der Waals surface area (Å²) >= 11 is 0. The molecule has 0 aromatic heterocycles. The Bertz CT molecular complexity index is 607. The molecule has 1 aromatic carbocycles. The van der Waals surface area contributed by atoms with E-state index in [1.807, 2.05) is 0 Å². The molecule has 0 saturated heterocycles. The van der Waals surface area contributed by atoms with Crippen LogP contribution in [0.15, 0.2) is 34.3 Å². The van der Waals surface area contributed by atoms with Crippen molar-refractivity contribution < 1.29 is 0 Å². The van der Waals surface area contributed by atoms with E-state index in [2.05, 4.69) is 56.9 Å². The van der Waals surface area contributed by atoms with Crippen LogP contribution >= 0.6 is 0 Å². The summed E-state index contributed by atoms with van der Waals surface area (Å²) in [6.45, 7) is 10.9. The minimum atomic E-state index is 0.365. The lowest BCUT2D eigenvalue weighted by atomic mass is 10.1. The van der Waals surface area contributed by atoms with E-state index < -0.39 is 0 Å². The number of hydrogen-bond acceptors (Lipinski definition) is 2. The third-order valence-corrected chi connectivity index (χ3v) is 5.93. The van der Waals surface area contributed by atoms with Crippen molar-refractivity contribution in [2.45, 2.75) is 111 Å². The maximum Gasteiger partial charge on any atom is 0.137 e. The highest BCUT2D eigenvalue weighted by atomic mass is 15.3. The van der Waals surface area contributed by atoms with Crippen LogP contribution in [0.1, 0.15) is 116 Å². The summed E-state index contributed by atoms with van der Waals surface area (Å²) in [7, 11) is 0. The first kappa shape index (κ1) is 24.6. The molecule has 30 heavy (non-hydrogen) atoms. The molecule has 0 spiro atoms. The zero-order valence-corrected chi connectivity index (χ0v) is 20.1. The highest BCUT2D eigenvalue weighted by Crippen LogP contribution is 2.26. The van der Waals surface area contributed by atoms with Gasteiger partial charge in [-0.1, -0.05) is 102 Å². The summed E-state index contributed by atoms with van der Waals surface area (Å²) in [5.74, 6) is 2.27. The predicted octanol–water partition coefficient (Wildman–Crippen LogP) is 7.62. The first-order valence-corrected chi connectivity index (χ1v) is 12.7. The Morgan fingerprint density at radius 3 is 1.43 bits per heavy atom. The van der Waals surface area contributed by atoms with E-state index in [-0.39, 0.29) is 0 Å². The van der Waals surface area contributed by atoms with Gasteiger partial charge < -0.3 is 4.90 Å². The van der Waals surface area contributed by atoms with E-state index in [1.165, 1.54) is 88.2 Å². The van der Waals surface area contributed by atoms with Crippen LogP contribution in [0.5, 0.6) is 0 Å². The second-order valence-corrected chi connectivity index (χ2v) is 8.96. The van der Waals surface area contributed by atoms with Crippen LogP contribution in [0.3, 0.4) is 0 Å². The van der Waals surface area contributed by atoms with E-state index >= 15 is 0 Å². The number of rotatable bonds is 15. The molecule has 0 fully saturated rings. The highest BCUT2D eigenvalue weighted by molar-refractivity contribution is 6.25. The van der Waals surface area contributed by atoms with E-state index in [4.69, 9.17) is 9.98 Å². The summed E-state index contributed by atoms with van der Waals surface area (Å²) in [6, 6.07) is 9.07. The smallest absolute Gasteiger partial charge is 0.137 e. The SMILES string of the molecule is CCCCCCCCN=C1c2ccccc2C(=NCCCCCCCC)N1C(C)C. The van der Waals surface area contributed by atoms with Gasteiger partial charge in [-0.05, 0) is 26.7 Å². The van der Waals surface area contributed by atoms with Crippen LogP contribution in [0, 0.1) is 0 Å². The molecule has 0 saturated carbocycles. The van der Waals surface area contributed by atoms with Gasteiger partial charge in [-0.3, -0.25) is 9.98 Å². The molecule has 1 heterocycles. The van der Waals surface area contributed by atoms with Crippen molar-refractivity contribution in [3.8, 4) is 0 Å². The molecule has 1 aliphatic heterocycles. The Labute approximate surface area is 186 Å². The standard InChI is InChI=1S/C27H45N3/c1-5-7-9-11-13-17-21-28-26-24-19-15-16-20-25(24)27(30(26)23(3)4)29-22-18-14-12-10-8-6-2/h15-16,19-20,23H,5-14,17-18,21-22H2,1-4H3. The van der Waals surface area contributed by atoms with Gasteiger partial charge >= 0.3 is 0 Å². The van der Waals surface area contributed by atoms with Gasteiger partial charge in [0.05, 0.1) is 0 Å². The lowest BCUT2D eigenvalue weighted by Gasteiger charge is -2.24. The average Bonchev–Trinajstić information content (AvgIpc) is 3.06. The molecule has 0 amide bonds. The topological polar surface area (TPSA) is 28.0 Å². The van der Waals surface area contributed by atoms with Gasteiger partial charge in [0.25, 0.3) is 0 Å². The molecule has 168 valence electrons. The summed E-state index contributed by atoms with van der Waals surface area (Å²) in [4.78, 5) is 12.5. The van der Waals surface area contributed by atoms with E-state index in [0.717, 1.165) is 24.8 Å². The summed E-state index contributed by atoms with van der Waals surface area (Å²) in [5.41, 5.74) is 2.53. The fraction of sp³-hybridized carbons (Fsp3) is 0.704. The van der Waals surface area contributed by atoms with Crippen LogP contribution in [0.2, 0.25) is 0 Å². The number of aliphatic imine (C=N–C) groups is 2. The van der Waals surface area contributed by atoms with Crippen molar-refractivity contribution in [1.82, 2.24) is 4.90 Å². The van der Waals surface area contributed by atoms with Crippen molar-refractivity contribution in [3.05, 3.63) is 35.4 Å². The number of benzene rings is 1. The minimum absolute atomic E-state index is 0.365. The number of unbranched alkanes of at least 4 members (excludes halogenated alkanes) is 10. The van der Waals surface area contributed by atoms with Gasteiger partial charge in [0.15, 0.2) is 0 Å². The van der Waals surface area contributed by atoms with Gasteiger partial charge in [-0.2, -0.15) is 0 Å². The van der Waals surface area contributed by atoms with E-state index in [1.54, 1.807) is 0 Å². The third-order valence-electron chi connectivity index (χ3n) is 5.93. The molecular weight excluding hydrogens is 366 g/mol. The second-order valence-electron chi connectivity index (χ2n) is 8.96. The highest BCUT2D eigenvalue weighted by Gasteiger charge is 2.32. The van der Waals surface area contributed by atoms with Crippen LogP contribution in [0.25, 0.3) is 0 Å². The first-order chi connectivity index (χ1) is 14.7. The minimum Gasteiger partial charge on any atom is -0.308 e. The Hall–Kier alpha value is -1.64. The molecule has 2 rings (SSSR count). The molecule has 1 aliphatic rings. The van der Waals surface area contributed by atoms with Crippen molar-refractivity contribution in [1.29, 1.82) is 0 Å². The van der Waals surface area contributed by atoms with Crippen molar-refractivity contribution >= 4 is 11.7 Å². The van der Waals surface area contributed by atoms with Gasteiger partial charge in [0.1, 0.15) is 11.7 Å². The summed E-state index contributed by atoms with van der Waals surface area (Å²) in [5, 5.41) is 0. The molecule has 0 aliphatic carbocycles. The zero-order chi connectivity index (χ0) is 21.6. The average molecular weight is 412 g/mol. The lowest BCUT2D eigenvalue weighted by Crippen LogP contribution is -2.37. The molecule has 0 bridgehead atoms. The van der Waals surface area contributed by atoms with E-state index in [9.17, 15) is 0 Å². The van der Waals surface area contributed by atoms with Crippen LogP contribution < -0.4 is 0 Å². The van der Waals surface area contributed by atoms with Crippen molar-refractivity contribution in [3.63, 3.8) is 0 Å². The number of fused-ring (bicyclic) bond motifs is 1. The quantitative estimate of drug-likeness (QED) is 0.273. The normalized spacial score (nSPS) is 16.2. The Kier molecular flexibility index (Phi) is 11.8. The maximum absolute atomic E-state index is 5.08. The molecule has 0 atom stereocenters. The number of hydrogen-bond donors (Lipinski definition) is 0. The Balaban J connectivity index is 2.02. The van der Waals surface area contributed by atoms with Crippen molar-refractivity contribution in [2.75, 3.05) is 13.1 Å². The summed E-state index contributed by atoms with van der Waals surface area (Å²) < 4.78 is 0. The third kappa shape index (κ3) is 7.56. The van der Waals surface area contributed by atoms with E-state index in [0.29, 0.717) is 6.04 Å². The van der Waals surface area contributed by atoms with Crippen molar-refractivity contribution in [2.24, 2.45) is 9.98 Å². The molecule has 0 radical (unpaired) electrons. The monoisotopic (exact) mass is 411 g/mol. The largest absolute Gasteiger partial charge is 0.308 e. The number of amidine groups is 2. The lowest BCUT2D eigenvalue weighted by molar-refractivity contribution is 0.503. The second kappa shape index (κ2) is 14.4. The Morgan fingerprint density at radius 2 is 1.03 bits per heavy atom. The first-order valence-electron chi connectivity index (χ1n) is 12.7. The molecular formula is C27H45N3. The number of nitrogens with zero attached hydrogens (tertiary/aromatic N) is 3. The zero-order valence-electron chi connectivity index (χ0n) is 20.1. The fourth-order valence-corrected chi connectivity index (χ4v) is 4.20. The van der Waals surface area contributed by atoms with Gasteiger partial charge in [-0.25, -0.2) is 0 Å². The predicted molar refractivity (Wildman–Crippen MR) is 133 cm³/mol. The molecule has 0 N–H and O–H groups in total. The van der Waals surface area contributed by atoms with Gasteiger partial charge in [0, 0.05) is 30.3 Å². The molecule has 3 nitrogen and oxygen atoms in total. The van der Waals surface area contributed by atoms with Crippen LogP contribution in [-0.4, -0.2) is 35.7 Å². The molecule has 0 unspecified atom stereocenters.